The normalized spacial score (nSPS) is 16.1. The number of aromatic nitrogens is 2. The van der Waals surface area contributed by atoms with Gasteiger partial charge in [0.2, 0.25) is 5.91 Å². The molecule has 0 radical (unpaired) electrons. The number of halogens is 1. The Morgan fingerprint density at radius 2 is 2.11 bits per heavy atom. The highest BCUT2D eigenvalue weighted by Crippen LogP contribution is 2.19. The monoisotopic (exact) mass is 405 g/mol. The number of carbonyl (C=O) groups is 2. The molecule has 152 valence electrons. The van der Waals surface area contributed by atoms with E-state index in [4.69, 9.17) is 0 Å². The minimum Gasteiger partial charge on any atom is -0.339 e. The molecule has 0 spiro atoms. The Hall–Kier alpha value is -2.38. The van der Waals surface area contributed by atoms with E-state index >= 15 is 0 Å². The third kappa shape index (κ3) is 5.33. The Bertz CT molecular complexity index is 801. The Labute approximate surface area is 171 Å². The number of hydrogen-bond acceptors (Lipinski definition) is 4. The number of para-hydroxylation sites is 1. The van der Waals surface area contributed by atoms with Crippen LogP contribution in [0.15, 0.2) is 36.5 Å². The van der Waals surface area contributed by atoms with Crippen molar-refractivity contribution in [2.45, 2.75) is 39.3 Å². The van der Waals surface area contributed by atoms with Gasteiger partial charge in [0.1, 0.15) is 0 Å². The molecule has 1 saturated heterocycles. The van der Waals surface area contributed by atoms with Crippen LogP contribution in [0, 0.1) is 0 Å². The summed E-state index contributed by atoms with van der Waals surface area (Å²) < 4.78 is 1.88. The standard InChI is InChI=1S/C20H27N5O2.ClH/c1-3-24(15(2)26)14-16-7-4-5-9-18(16)22-20(27)19-10-12-25(23-19)17-8-6-11-21-13-17;/h4-5,7,9-10,12,17,21H,3,6,8,11,13-14H2,1-2H3,(H,22,27);1H. The Kier molecular flexibility index (Phi) is 8.02. The van der Waals surface area contributed by atoms with Gasteiger partial charge in [-0.05, 0) is 44.0 Å². The minimum atomic E-state index is -0.240. The van der Waals surface area contributed by atoms with Crippen molar-refractivity contribution in [3.8, 4) is 0 Å². The van der Waals surface area contributed by atoms with Gasteiger partial charge in [-0.3, -0.25) is 14.3 Å². The highest BCUT2D eigenvalue weighted by atomic mass is 35.5. The Morgan fingerprint density at radius 3 is 2.79 bits per heavy atom. The first-order valence-electron chi connectivity index (χ1n) is 9.49. The largest absolute Gasteiger partial charge is 0.339 e. The molecule has 1 aromatic heterocycles. The molecule has 0 aliphatic carbocycles. The first-order chi connectivity index (χ1) is 13.1. The van der Waals surface area contributed by atoms with E-state index in [0.717, 1.165) is 31.5 Å². The summed E-state index contributed by atoms with van der Waals surface area (Å²) in [5, 5.41) is 10.8. The lowest BCUT2D eigenvalue weighted by molar-refractivity contribution is -0.129. The van der Waals surface area contributed by atoms with Gasteiger partial charge >= 0.3 is 0 Å². The highest BCUT2D eigenvalue weighted by molar-refractivity contribution is 6.03. The summed E-state index contributed by atoms with van der Waals surface area (Å²) in [5.74, 6) is -0.227. The third-order valence-corrected chi connectivity index (χ3v) is 4.94. The molecule has 2 aromatic rings. The van der Waals surface area contributed by atoms with Crippen LogP contribution in [0.4, 0.5) is 5.69 Å². The number of amides is 2. The number of rotatable bonds is 6. The lowest BCUT2D eigenvalue weighted by Crippen LogP contribution is -2.32. The fourth-order valence-corrected chi connectivity index (χ4v) is 3.34. The van der Waals surface area contributed by atoms with Crippen molar-refractivity contribution in [1.82, 2.24) is 20.0 Å². The van der Waals surface area contributed by atoms with Gasteiger partial charge in [-0.25, -0.2) is 0 Å². The van der Waals surface area contributed by atoms with Crippen LogP contribution >= 0.6 is 12.4 Å². The molecule has 1 unspecified atom stereocenters. The Morgan fingerprint density at radius 1 is 1.32 bits per heavy atom. The number of nitrogens with zero attached hydrogens (tertiary/aromatic N) is 3. The molecule has 7 nitrogen and oxygen atoms in total. The number of piperidine rings is 1. The summed E-state index contributed by atoms with van der Waals surface area (Å²) in [6.45, 7) is 6.50. The lowest BCUT2D eigenvalue weighted by atomic mass is 10.1. The van der Waals surface area contributed by atoms with Gasteiger partial charge < -0.3 is 15.5 Å². The predicted molar refractivity (Wildman–Crippen MR) is 112 cm³/mol. The summed E-state index contributed by atoms with van der Waals surface area (Å²) in [4.78, 5) is 26.1. The second-order valence-electron chi connectivity index (χ2n) is 6.83. The highest BCUT2D eigenvalue weighted by Gasteiger charge is 2.18. The average molecular weight is 406 g/mol. The van der Waals surface area contributed by atoms with Crippen LogP contribution in [-0.2, 0) is 11.3 Å². The van der Waals surface area contributed by atoms with Gasteiger partial charge in [0, 0.05) is 38.4 Å². The van der Waals surface area contributed by atoms with Crippen LogP contribution in [0.2, 0.25) is 0 Å². The second kappa shape index (κ2) is 10.2. The molecule has 1 aliphatic rings. The molecule has 1 aromatic carbocycles. The van der Waals surface area contributed by atoms with Gasteiger partial charge in [0.15, 0.2) is 5.69 Å². The summed E-state index contributed by atoms with van der Waals surface area (Å²) in [7, 11) is 0. The number of nitrogens with one attached hydrogen (secondary N) is 2. The van der Waals surface area contributed by atoms with E-state index in [1.54, 1.807) is 17.9 Å². The smallest absolute Gasteiger partial charge is 0.276 e. The van der Waals surface area contributed by atoms with Crippen molar-refractivity contribution in [2.75, 3.05) is 25.0 Å². The van der Waals surface area contributed by atoms with Crippen LogP contribution < -0.4 is 10.6 Å². The molecule has 8 heteroatoms. The zero-order valence-corrected chi connectivity index (χ0v) is 17.2. The van der Waals surface area contributed by atoms with Crippen molar-refractivity contribution >= 4 is 29.9 Å². The zero-order chi connectivity index (χ0) is 19.2. The first kappa shape index (κ1) is 21.9. The third-order valence-electron chi connectivity index (χ3n) is 4.94. The number of benzene rings is 1. The summed E-state index contributed by atoms with van der Waals surface area (Å²) >= 11 is 0. The molecule has 0 bridgehead atoms. The fraction of sp³-hybridized carbons (Fsp3) is 0.450. The molecule has 1 fully saturated rings. The van der Waals surface area contributed by atoms with E-state index in [1.165, 1.54) is 0 Å². The molecule has 1 aliphatic heterocycles. The SMILES string of the molecule is CCN(Cc1ccccc1NC(=O)c1ccn(C2CCCNC2)n1)C(C)=O.Cl. The van der Waals surface area contributed by atoms with Gasteiger partial charge in [0.05, 0.1) is 6.04 Å². The van der Waals surface area contributed by atoms with Crippen molar-refractivity contribution < 1.29 is 9.59 Å². The minimum absolute atomic E-state index is 0. The molecule has 2 amide bonds. The van der Waals surface area contributed by atoms with Crippen LogP contribution in [0.5, 0.6) is 0 Å². The first-order valence-corrected chi connectivity index (χ1v) is 9.49. The average Bonchev–Trinajstić information content (AvgIpc) is 3.18. The summed E-state index contributed by atoms with van der Waals surface area (Å²) in [6.07, 6.45) is 4.05. The van der Waals surface area contributed by atoms with Gasteiger partial charge in [-0.2, -0.15) is 5.10 Å². The predicted octanol–water partition coefficient (Wildman–Crippen LogP) is 2.85. The maximum Gasteiger partial charge on any atom is 0.276 e. The van der Waals surface area contributed by atoms with Crippen LogP contribution in [-0.4, -0.2) is 46.1 Å². The summed E-state index contributed by atoms with van der Waals surface area (Å²) in [5.41, 5.74) is 2.00. The van der Waals surface area contributed by atoms with Gasteiger partial charge in [0.25, 0.3) is 5.91 Å². The van der Waals surface area contributed by atoms with Crippen molar-refractivity contribution in [3.63, 3.8) is 0 Å². The van der Waals surface area contributed by atoms with E-state index in [9.17, 15) is 9.59 Å². The quantitative estimate of drug-likeness (QED) is 0.774. The van der Waals surface area contributed by atoms with Gasteiger partial charge in [-0.15, -0.1) is 12.4 Å². The van der Waals surface area contributed by atoms with Crippen molar-refractivity contribution in [3.05, 3.63) is 47.8 Å². The fourth-order valence-electron chi connectivity index (χ4n) is 3.34. The van der Waals surface area contributed by atoms with E-state index in [1.807, 2.05) is 42.1 Å². The topological polar surface area (TPSA) is 79.3 Å². The second-order valence-corrected chi connectivity index (χ2v) is 6.83. The van der Waals surface area contributed by atoms with E-state index in [-0.39, 0.29) is 24.2 Å². The van der Waals surface area contributed by atoms with Gasteiger partial charge in [-0.1, -0.05) is 18.2 Å². The van der Waals surface area contributed by atoms with E-state index in [0.29, 0.717) is 30.5 Å². The molecule has 2 heterocycles. The molecule has 0 saturated carbocycles. The van der Waals surface area contributed by atoms with Crippen LogP contribution in [0.25, 0.3) is 0 Å². The molecule has 1 atom stereocenters. The number of hydrogen-bond donors (Lipinski definition) is 2. The maximum atomic E-state index is 12.7. The Balaban J connectivity index is 0.00000280. The van der Waals surface area contributed by atoms with E-state index in [2.05, 4.69) is 15.7 Å². The molecule has 3 rings (SSSR count). The van der Waals surface area contributed by atoms with E-state index < -0.39 is 0 Å². The molecular formula is C20H28ClN5O2. The molecule has 28 heavy (non-hydrogen) atoms. The van der Waals surface area contributed by atoms with Crippen LogP contribution in [0.1, 0.15) is 48.8 Å². The maximum absolute atomic E-state index is 12.7. The number of anilines is 1. The zero-order valence-electron chi connectivity index (χ0n) is 16.4. The van der Waals surface area contributed by atoms with Crippen molar-refractivity contribution in [1.29, 1.82) is 0 Å². The molecular weight excluding hydrogens is 378 g/mol. The number of carbonyl (C=O) groups excluding carboxylic acids is 2. The molecule has 2 N–H and O–H groups in total. The van der Waals surface area contributed by atoms with Crippen LogP contribution in [0.3, 0.4) is 0 Å². The lowest BCUT2D eigenvalue weighted by Gasteiger charge is -2.23. The van der Waals surface area contributed by atoms with Crippen molar-refractivity contribution in [2.24, 2.45) is 0 Å². The summed E-state index contributed by atoms with van der Waals surface area (Å²) in [6, 6.07) is 9.59.